The van der Waals surface area contributed by atoms with E-state index in [9.17, 15) is 13.5 Å². The third-order valence-corrected chi connectivity index (χ3v) is 8.10. The number of aliphatic hydroxyl groups excluding tert-OH is 1. The summed E-state index contributed by atoms with van der Waals surface area (Å²) in [5.74, 6) is 0.0997. The molecule has 5 rings (SSSR count). The van der Waals surface area contributed by atoms with E-state index in [1.165, 1.54) is 15.4 Å². The Morgan fingerprint density at radius 3 is 2.67 bits per heavy atom. The van der Waals surface area contributed by atoms with Crippen molar-refractivity contribution in [1.82, 2.24) is 13.9 Å². The van der Waals surface area contributed by atoms with E-state index in [2.05, 4.69) is 21.7 Å². The minimum Gasteiger partial charge on any atom is -0.392 e. The Bertz CT molecular complexity index is 978. The zero-order valence-electron chi connectivity index (χ0n) is 15.0. The standard InChI is InChI=1S/C19H24N4O3S/c20-27(25,26)22-9-7-19(8-10-22)6-5-15(18(19)24)17-14-4-2-1-3-13(14)16-11-21-12-23(16)17/h1-4,11-12,15,17-18,24H,5-10H2,(H2,20,25,26)/t15-,17+,18+/m0/s1. The van der Waals surface area contributed by atoms with Gasteiger partial charge < -0.3 is 9.67 Å². The Hall–Kier alpha value is -1.74. The summed E-state index contributed by atoms with van der Waals surface area (Å²) in [5.41, 5.74) is 3.33. The third kappa shape index (κ3) is 2.51. The van der Waals surface area contributed by atoms with E-state index in [-0.39, 0.29) is 17.4 Å². The molecule has 1 aliphatic carbocycles. The number of hydrogen-bond donors (Lipinski definition) is 2. The maximum absolute atomic E-state index is 11.6. The van der Waals surface area contributed by atoms with Gasteiger partial charge in [0.25, 0.3) is 10.2 Å². The second-order valence-electron chi connectivity index (χ2n) is 8.17. The first-order chi connectivity index (χ1) is 12.9. The molecule has 7 nitrogen and oxygen atoms in total. The Labute approximate surface area is 159 Å². The zero-order valence-corrected chi connectivity index (χ0v) is 15.8. The number of benzene rings is 1. The molecule has 0 radical (unpaired) electrons. The van der Waals surface area contributed by atoms with E-state index >= 15 is 0 Å². The van der Waals surface area contributed by atoms with Gasteiger partial charge in [0.05, 0.1) is 30.4 Å². The number of piperidine rings is 1. The van der Waals surface area contributed by atoms with Gasteiger partial charge in [-0.1, -0.05) is 24.3 Å². The van der Waals surface area contributed by atoms with Crippen LogP contribution in [0.25, 0.3) is 11.3 Å². The Balaban J connectivity index is 1.44. The van der Waals surface area contributed by atoms with E-state index in [0.29, 0.717) is 25.9 Å². The summed E-state index contributed by atoms with van der Waals surface area (Å²) >= 11 is 0. The first-order valence-corrected chi connectivity index (χ1v) is 11.0. The molecule has 1 spiro atoms. The predicted molar refractivity (Wildman–Crippen MR) is 101 cm³/mol. The molecule has 3 aliphatic rings. The molecule has 144 valence electrons. The third-order valence-electron chi connectivity index (χ3n) is 7.01. The highest BCUT2D eigenvalue weighted by Crippen LogP contribution is 2.55. The summed E-state index contributed by atoms with van der Waals surface area (Å²) in [6.45, 7) is 0.778. The van der Waals surface area contributed by atoms with Gasteiger partial charge in [-0.15, -0.1) is 0 Å². The van der Waals surface area contributed by atoms with Crippen molar-refractivity contribution in [2.24, 2.45) is 16.5 Å². The Morgan fingerprint density at radius 2 is 1.93 bits per heavy atom. The van der Waals surface area contributed by atoms with Gasteiger partial charge in [0.15, 0.2) is 0 Å². The van der Waals surface area contributed by atoms with Crippen molar-refractivity contribution in [2.45, 2.75) is 37.8 Å². The molecule has 3 atom stereocenters. The van der Waals surface area contributed by atoms with Crippen LogP contribution >= 0.6 is 0 Å². The molecule has 1 saturated carbocycles. The second kappa shape index (κ2) is 5.88. The minimum absolute atomic E-state index is 0.0874. The average Bonchev–Trinajstić information content (AvgIpc) is 3.30. The quantitative estimate of drug-likeness (QED) is 0.814. The van der Waals surface area contributed by atoms with Crippen LogP contribution in [0.15, 0.2) is 36.8 Å². The van der Waals surface area contributed by atoms with Crippen molar-refractivity contribution in [3.8, 4) is 11.3 Å². The molecule has 3 N–H and O–H groups in total. The summed E-state index contributed by atoms with van der Waals surface area (Å²) in [4.78, 5) is 4.32. The van der Waals surface area contributed by atoms with E-state index in [0.717, 1.165) is 18.5 Å². The molecule has 3 heterocycles. The van der Waals surface area contributed by atoms with Crippen molar-refractivity contribution in [3.63, 3.8) is 0 Å². The molecule has 2 aromatic rings. The highest BCUT2D eigenvalue weighted by atomic mass is 32.2. The van der Waals surface area contributed by atoms with E-state index < -0.39 is 16.3 Å². The fraction of sp³-hybridized carbons (Fsp3) is 0.526. The molecule has 0 bridgehead atoms. The number of fused-ring (bicyclic) bond motifs is 3. The number of rotatable bonds is 2. The van der Waals surface area contributed by atoms with Crippen LogP contribution in [0.2, 0.25) is 0 Å². The number of aromatic nitrogens is 2. The van der Waals surface area contributed by atoms with Gasteiger partial charge in [-0.05, 0) is 36.7 Å². The van der Waals surface area contributed by atoms with Crippen LogP contribution in [0.4, 0.5) is 0 Å². The smallest absolute Gasteiger partial charge is 0.276 e. The highest BCUT2D eigenvalue weighted by Gasteiger charge is 2.53. The van der Waals surface area contributed by atoms with E-state index in [4.69, 9.17) is 5.14 Å². The number of aliphatic hydroxyl groups is 1. The largest absolute Gasteiger partial charge is 0.392 e. The Kier molecular flexibility index (Phi) is 3.78. The van der Waals surface area contributed by atoms with Gasteiger partial charge in [0.1, 0.15) is 0 Å². The zero-order chi connectivity index (χ0) is 18.8. The summed E-state index contributed by atoms with van der Waals surface area (Å²) in [7, 11) is -3.65. The molecular formula is C19H24N4O3S. The van der Waals surface area contributed by atoms with Gasteiger partial charge >= 0.3 is 0 Å². The maximum atomic E-state index is 11.6. The molecule has 1 saturated heterocycles. The molecule has 2 fully saturated rings. The Morgan fingerprint density at radius 1 is 1.19 bits per heavy atom. The fourth-order valence-electron chi connectivity index (χ4n) is 5.59. The van der Waals surface area contributed by atoms with Crippen molar-refractivity contribution in [3.05, 3.63) is 42.4 Å². The molecule has 0 unspecified atom stereocenters. The summed E-state index contributed by atoms with van der Waals surface area (Å²) < 4.78 is 26.8. The van der Waals surface area contributed by atoms with Crippen LogP contribution in [-0.4, -0.2) is 46.6 Å². The summed E-state index contributed by atoms with van der Waals surface area (Å²) in [6.07, 6.45) is 6.44. The number of nitrogens with two attached hydrogens (primary N) is 1. The lowest BCUT2D eigenvalue weighted by molar-refractivity contribution is -0.0146. The lowest BCUT2D eigenvalue weighted by Crippen LogP contribution is -2.49. The fourth-order valence-corrected chi connectivity index (χ4v) is 6.28. The lowest BCUT2D eigenvalue weighted by Gasteiger charge is -2.41. The molecule has 1 aromatic carbocycles. The SMILES string of the molecule is NS(=O)(=O)N1CCC2(CC[C@@H]([C@H]3c4ccccc4-c4cncn43)[C@H]2O)CC1. The average molecular weight is 388 g/mol. The van der Waals surface area contributed by atoms with Crippen molar-refractivity contribution in [2.75, 3.05) is 13.1 Å². The predicted octanol–water partition coefficient (Wildman–Crippen LogP) is 1.51. The molecule has 27 heavy (non-hydrogen) atoms. The van der Waals surface area contributed by atoms with Crippen molar-refractivity contribution < 1.29 is 13.5 Å². The van der Waals surface area contributed by atoms with Crippen molar-refractivity contribution >= 4 is 10.2 Å². The normalized spacial score (nSPS) is 29.8. The maximum Gasteiger partial charge on any atom is 0.276 e. The number of hydrogen-bond acceptors (Lipinski definition) is 4. The first-order valence-electron chi connectivity index (χ1n) is 9.48. The van der Waals surface area contributed by atoms with Crippen LogP contribution in [0.3, 0.4) is 0 Å². The van der Waals surface area contributed by atoms with Gasteiger partial charge in [-0.3, -0.25) is 0 Å². The minimum atomic E-state index is -3.65. The van der Waals surface area contributed by atoms with Gasteiger partial charge in [0, 0.05) is 24.6 Å². The topological polar surface area (TPSA) is 101 Å². The molecule has 2 aliphatic heterocycles. The molecular weight excluding hydrogens is 364 g/mol. The molecule has 1 aromatic heterocycles. The number of nitrogens with zero attached hydrogens (tertiary/aromatic N) is 3. The van der Waals surface area contributed by atoms with Crippen LogP contribution in [-0.2, 0) is 10.2 Å². The number of imidazole rings is 1. The van der Waals surface area contributed by atoms with Crippen LogP contribution in [0.5, 0.6) is 0 Å². The van der Waals surface area contributed by atoms with Crippen molar-refractivity contribution in [1.29, 1.82) is 0 Å². The van der Waals surface area contributed by atoms with E-state index in [1.54, 1.807) is 0 Å². The van der Waals surface area contributed by atoms with Crippen LogP contribution in [0, 0.1) is 11.3 Å². The van der Waals surface area contributed by atoms with Gasteiger partial charge in [-0.2, -0.15) is 12.7 Å². The van der Waals surface area contributed by atoms with Gasteiger partial charge in [-0.25, -0.2) is 10.1 Å². The van der Waals surface area contributed by atoms with Gasteiger partial charge in [0.2, 0.25) is 0 Å². The van der Waals surface area contributed by atoms with Crippen LogP contribution < -0.4 is 5.14 Å². The molecule has 8 heteroatoms. The lowest BCUT2D eigenvalue weighted by atomic mass is 9.73. The van der Waals surface area contributed by atoms with Crippen LogP contribution in [0.1, 0.15) is 37.3 Å². The molecule has 0 amide bonds. The second-order valence-corrected chi connectivity index (χ2v) is 9.72. The summed E-state index contributed by atoms with van der Waals surface area (Å²) in [5, 5.41) is 16.6. The summed E-state index contributed by atoms with van der Waals surface area (Å²) in [6, 6.07) is 8.43. The highest BCUT2D eigenvalue weighted by molar-refractivity contribution is 7.86. The monoisotopic (exact) mass is 388 g/mol. The van der Waals surface area contributed by atoms with E-state index in [1.807, 2.05) is 24.7 Å². The first kappa shape index (κ1) is 17.4.